The minimum atomic E-state index is -0.595. The van der Waals surface area contributed by atoms with Crippen LogP contribution in [0.2, 0.25) is 0 Å². The highest BCUT2D eigenvalue weighted by atomic mass is 32.1. The molecule has 0 saturated carbocycles. The fraction of sp³-hybridized carbons (Fsp3) is 0.182. The minimum Gasteiger partial charge on any atom is -0.495 e. The molecule has 0 radical (unpaired) electrons. The lowest BCUT2D eigenvalue weighted by atomic mass is 10.1. The normalized spacial score (nSPS) is 11.1. The van der Waals surface area contributed by atoms with Gasteiger partial charge in [-0.05, 0) is 49.6 Å². The number of rotatable bonds is 6. The number of carbonyl (C=O) groups is 2. The lowest BCUT2D eigenvalue weighted by molar-refractivity contribution is 0.0996. The van der Waals surface area contributed by atoms with Crippen molar-refractivity contribution >= 4 is 39.9 Å². The van der Waals surface area contributed by atoms with Crippen LogP contribution in [0.15, 0.2) is 48.0 Å². The quantitative estimate of drug-likeness (QED) is 0.473. The molecule has 0 aliphatic rings. The number of ether oxygens (including phenoxy) is 1. The number of nitrogens with one attached hydrogen (secondary N) is 1. The highest BCUT2D eigenvalue weighted by molar-refractivity contribution is 7.13. The van der Waals surface area contributed by atoms with Crippen LogP contribution in [0, 0.1) is 0 Å². The van der Waals surface area contributed by atoms with Crippen LogP contribution in [0.25, 0.3) is 21.6 Å². The smallest absolute Gasteiger partial charge is 0.256 e. The van der Waals surface area contributed by atoms with Crippen LogP contribution >= 0.6 is 11.3 Å². The first-order valence-electron chi connectivity index (χ1n) is 9.60. The molecule has 0 aliphatic heterocycles. The molecule has 158 valence electrons. The van der Waals surface area contributed by atoms with Gasteiger partial charge in [-0.1, -0.05) is 6.07 Å². The Labute approximate surface area is 182 Å². The lowest BCUT2D eigenvalue weighted by Crippen LogP contribution is -2.16. The molecule has 0 atom stereocenters. The Kier molecular flexibility index (Phi) is 5.43. The molecule has 8 nitrogen and oxygen atoms in total. The molecule has 3 aromatic heterocycles. The van der Waals surface area contributed by atoms with Gasteiger partial charge in [0, 0.05) is 11.6 Å². The van der Waals surface area contributed by atoms with E-state index in [0.717, 1.165) is 4.88 Å². The topological polar surface area (TPSA) is 112 Å². The molecule has 3 N–H and O–H groups in total. The first-order valence-corrected chi connectivity index (χ1v) is 10.5. The van der Waals surface area contributed by atoms with Gasteiger partial charge in [-0.2, -0.15) is 5.10 Å². The number of benzene rings is 1. The Morgan fingerprint density at radius 1 is 1.23 bits per heavy atom. The molecular formula is C22H21N5O3S. The molecule has 0 aliphatic carbocycles. The van der Waals surface area contributed by atoms with E-state index in [1.165, 1.54) is 13.2 Å². The Morgan fingerprint density at radius 2 is 2.03 bits per heavy atom. The van der Waals surface area contributed by atoms with Crippen molar-refractivity contribution in [2.45, 2.75) is 19.9 Å². The molecule has 0 saturated heterocycles. The predicted octanol–water partition coefficient (Wildman–Crippen LogP) is 4.10. The summed E-state index contributed by atoms with van der Waals surface area (Å²) in [6, 6.07) is 10.3. The third-order valence-corrected chi connectivity index (χ3v) is 5.70. The van der Waals surface area contributed by atoms with Crippen molar-refractivity contribution < 1.29 is 14.3 Å². The van der Waals surface area contributed by atoms with Gasteiger partial charge in [0.1, 0.15) is 5.75 Å². The largest absolute Gasteiger partial charge is 0.495 e. The summed E-state index contributed by atoms with van der Waals surface area (Å²) in [7, 11) is 1.49. The lowest BCUT2D eigenvalue weighted by Gasteiger charge is -2.13. The Bertz CT molecular complexity index is 1280. The van der Waals surface area contributed by atoms with E-state index < -0.39 is 5.91 Å². The number of amides is 2. The number of thiophene rings is 1. The number of nitrogens with zero attached hydrogens (tertiary/aromatic N) is 3. The fourth-order valence-corrected chi connectivity index (χ4v) is 3.97. The van der Waals surface area contributed by atoms with Crippen LogP contribution in [0.1, 0.15) is 40.6 Å². The van der Waals surface area contributed by atoms with E-state index in [0.29, 0.717) is 33.7 Å². The zero-order valence-corrected chi connectivity index (χ0v) is 18.1. The van der Waals surface area contributed by atoms with Crippen LogP contribution in [0.4, 0.5) is 5.69 Å². The Balaban J connectivity index is 1.83. The van der Waals surface area contributed by atoms with Gasteiger partial charge in [0.25, 0.3) is 5.91 Å². The van der Waals surface area contributed by atoms with Crippen molar-refractivity contribution in [3.8, 4) is 16.3 Å². The van der Waals surface area contributed by atoms with Crippen molar-refractivity contribution in [3.63, 3.8) is 0 Å². The molecule has 1 aromatic carbocycles. The number of hydrogen-bond acceptors (Lipinski definition) is 6. The molecule has 3 heterocycles. The van der Waals surface area contributed by atoms with E-state index in [-0.39, 0.29) is 17.5 Å². The fourth-order valence-electron chi connectivity index (χ4n) is 3.28. The number of hydrogen-bond donors (Lipinski definition) is 2. The van der Waals surface area contributed by atoms with E-state index in [1.807, 2.05) is 31.4 Å². The second-order valence-corrected chi connectivity index (χ2v) is 8.13. The van der Waals surface area contributed by atoms with E-state index in [2.05, 4.69) is 10.4 Å². The Morgan fingerprint density at radius 3 is 2.68 bits per heavy atom. The summed E-state index contributed by atoms with van der Waals surface area (Å²) in [6.45, 7) is 4.01. The summed E-state index contributed by atoms with van der Waals surface area (Å²) in [5, 5.41) is 9.87. The number of primary amides is 1. The second-order valence-electron chi connectivity index (χ2n) is 7.19. The third kappa shape index (κ3) is 3.87. The first kappa shape index (κ1) is 20.5. The number of pyridine rings is 1. The van der Waals surface area contributed by atoms with Gasteiger partial charge in [-0.15, -0.1) is 11.3 Å². The SMILES string of the molecule is COc1ccc(C(N)=O)cc1NC(=O)c1cc(-c2cccs2)nc2c1cnn2C(C)C. The van der Waals surface area contributed by atoms with Gasteiger partial charge in [0.2, 0.25) is 5.91 Å². The second kappa shape index (κ2) is 8.19. The van der Waals surface area contributed by atoms with Crippen molar-refractivity contribution in [3.05, 3.63) is 59.1 Å². The van der Waals surface area contributed by atoms with Gasteiger partial charge < -0.3 is 15.8 Å². The van der Waals surface area contributed by atoms with Crippen molar-refractivity contribution in [2.75, 3.05) is 12.4 Å². The molecule has 4 rings (SSSR count). The first-order chi connectivity index (χ1) is 14.9. The van der Waals surface area contributed by atoms with Crippen LogP contribution in [-0.2, 0) is 0 Å². The number of nitrogens with two attached hydrogens (primary N) is 1. The van der Waals surface area contributed by atoms with Crippen LogP contribution in [0.5, 0.6) is 5.75 Å². The maximum absolute atomic E-state index is 13.3. The summed E-state index contributed by atoms with van der Waals surface area (Å²) in [5.41, 5.74) is 7.74. The summed E-state index contributed by atoms with van der Waals surface area (Å²) in [5.74, 6) is -0.545. The van der Waals surface area contributed by atoms with Crippen LogP contribution in [0.3, 0.4) is 0 Å². The summed E-state index contributed by atoms with van der Waals surface area (Å²) in [4.78, 5) is 30.6. The maximum Gasteiger partial charge on any atom is 0.256 e. The summed E-state index contributed by atoms with van der Waals surface area (Å²) in [6.07, 6.45) is 1.65. The van der Waals surface area contributed by atoms with Gasteiger partial charge in [0.15, 0.2) is 5.65 Å². The maximum atomic E-state index is 13.3. The molecule has 0 bridgehead atoms. The molecular weight excluding hydrogens is 414 g/mol. The standard InChI is InChI=1S/C22H21N5O3S/c1-12(2)27-21-15(11-24-27)14(10-17(25-21)19-5-4-8-31-19)22(29)26-16-9-13(20(23)28)6-7-18(16)30-3/h4-12H,1-3H3,(H2,23,28)(H,26,29). The molecule has 0 spiro atoms. The monoisotopic (exact) mass is 435 g/mol. The number of carbonyl (C=O) groups excluding carboxylic acids is 2. The molecule has 4 aromatic rings. The molecule has 31 heavy (non-hydrogen) atoms. The number of aromatic nitrogens is 3. The molecule has 2 amide bonds. The van der Waals surface area contributed by atoms with Crippen molar-refractivity contribution in [1.82, 2.24) is 14.8 Å². The minimum absolute atomic E-state index is 0.0758. The van der Waals surface area contributed by atoms with Crippen molar-refractivity contribution in [2.24, 2.45) is 5.73 Å². The van der Waals surface area contributed by atoms with Gasteiger partial charge in [0.05, 0.1) is 40.5 Å². The highest BCUT2D eigenvalue weighted by Gasteiger charge is 2.20. The molecule has 0 fully saturated rings. The summed E-state index contributed by atoms with van der Waals surface area (Å²) < 4.78 is 7.12. The summed E-state index contributed by atoms with van der Waals surface area (Å²) >= 11 is 1.54. The number of fused-ring (bicyclic) bond motifs is 1. The Hall–Kier alpha value is -3.72. The van der Waals surface area contributed by atoms with E-state index >= 15 is 0 Å². The van der Waals surface area contributed by atoms with E-state index in [4.69, 9.17) is 15.5 Å². The van der Waals surface area contributed by atoms with Crippen LogP contribution < -0.4 is 15.8 Å². The van der Waals surface area contributed by atoms with Gasteiger partial charge in [-0.3, -0.25) is 9.59 Å². The van der Waals surface area contributed by atoms with Gasteiger partial charge >= 0.3 is 0 Å². The zero-order chi connectivity index (χ0) is 22.1. The third-order valence-electron chi connectivity index (χ3n) is 4.81. The van der Waals surface area contributed by atoms with E-state index in [9.17, 15) is 9.59 Å². The van der Waals surface area contributed by atoms with E-state index in [1.54, 1.807) is 40.4 Å². The predicted molar refractivity (Wildman–Crippen MR) is 121 cm³/mol. The average molecular weight is 436 g/mol. The number of methoxy groups -OCH3 is 1. The molecule has 9 heteroatoms. The highest BCUT2D eigenvalue weighted by Crippen LogP contribution is 2.31. The average Bonchev–Trinajstić information content (AvgIpc) is 3.42. The zero-order valence-electron chi connectivity index (χ0n) is 17.2. The van der Waals surface area contributed by atoms with Gasteiger partial charge in [-0.25, -0.2) is 9.67 Å². The molecule has 0 unspecified atom stereocenters. The van der Waals surface area contributed by atoms with Crippen molar-refractivity contribution in [1.29, 1.82) is 0 Å². The number of anilines is 1. The van der Waals surface area contributed by atoms with Crippen LogP contribution in [-0.4, -0.2) is 33.7 Å².